The van der Waals surface area contributed by atoms with Crippen molar-refractivity contribution < 1.29 is 5.11 Å². The van der Waals surface area contributed by atoms with E-state index in [0.29, 0.717) is 0 Å². The predicted octanol–water partition coefficient (Wildman–Crippen LogP) is 1.78. The van der Waals surface area contributed by atoms with Gasteiger partial charge in [0.2, 0.25) is 0 Å². The highest BCUT2D eigenvalue weighted by Crippen LogP contribution is 2.38. The number of hydrogen-bond acceptors (Lipinski definition) is 5. The highest BCUT2D eigenvalue weighted by Gasteiger charge is 2.28. The molecule has 0 unspecified atom stereocenters. The summed E-state index contributed by atoms with van der Waals surface area (Å²) in [5, 5.41) is 11.2. The summed E-state index contributed by atoms with van der Waals surface area (Å²) in [4.78, 5) is 11.6. The van der Waals surface area contributed by atoms with Crippen LogP contribution in [-0.4, -0.2) is 34.3 Å². The lowest BCUT2D eigenvalue weighted by Gasteiger charge is -2.30. The van der Waals surface area contributed by atoms with Gasteiger partial charge >= 0.3 is 0 Å². The summed E-state index contributed by atoms with van der Waals surface area (Å²) in [6.45, 7) is 3.71. The molecule has 0 aromatic carbocycles. The molecule has 1 fully saturated rings. The minimum Gasteiger partial charge on any atom is -0.393 e. The Balaban J connectivity index is 2.01. The topological polar surface area (TPSA) is 90.0 Å². The highest BCUT2D eigenvalue weighted by molar-refractivity contribution is 5.87. The van der Waals surface area contributed by atoms with Gasteiger partial charge in [0.25, 0.3) is 0 Å². The lowest BCUT2D eigenvalue weighted by molar-refractivity contribution is 0.115. The average Bonchev–Trinajstić information content (AvgIpc) is 2.92. The van der Waals surface area contributed by atoms with Gasteiger partial charge in [0, 0.05) is 17.7 Å². The van der Waals surface area contributed by atoms with E-state index >= 15 is 0 Å². The first-order valence-corrected chi connectivity index (χ1v) is 6.85. The van der Waals surface area contributed by atoms with Gasteiger partial charge in [-0.1, -0.05) is 0 Å². The van der Waals surface area contributed by atoms with Crippen LogP contribution < -0.4 is 5.84 Å². The molecular formula is C14H19N5O. The average molecular weight is 273 g/mol. The summed E-state index contributed by atoms with van der Waals surface area (Å²) in [5.74, 6) is 7.11. The zero-order chi connectivity index (χ0) is 14.1. The number of nitrogens with zero attached hydrogens (tertiary/aromatic N) is 3. The SMILES string of the molecule is C=N/C(=C1/c2cc[nH]c2N=CN1N)C1CCC(O)CC1. The van der Waals surface area contributed by atoms with Gasteiger partial charge in [0.15, 0.2) is 0 Å². The summed E-state index contributed by atoms with van der Waals surface area (Å²) in [6, 6.07) is 1.95. The monoisotopic (exact) mass is 273 g/mol. The fourth-order valence-electron chi connectivity index (χ4n) is 2.99. The number of allylic oxidation sites excluding steroid dienone is 1. The van der Waals surface area contributed by atoms with Gasteiger partial charge in [-0.25, -0.2) is 10.8 Å². The zero-order valence-corrected chi connectivity index (χ0v) is 11.3. The van der Waals surface area contributed by atoms with Crippen molar-refractivity contribution in [1.29, 1.82) is 0 Å². The van der Waals surface area contributed by atoms with Crippen LogP contribution in [0.4, 0.5) is 5.82 Å². The second-order valence-corrected chi connectivity index (χ2v) is 5.29. The van der Waals surface area contributed by atoms with E-state index in [0.717, 1.165) is 48.5 Å². The minimum atomic E-state index is -0.188. The number of aliphatic hydroxyl groups excluding tert-OH is 1. The molecule has 3 rings (SSSR count). The minimum absolute atomic E-state index is 0.188. The van der Waals surface area contributed by atoms with Crippen molar-refractivity contribution >= 4 is 24.6 Å². The van der Waals surface area contributed by atoms with Gasteiger partial charge in [0.05, 0.1) is 17.5 Å². The Morgan fingerprint density at radius 1 is 1.45 bits per heavy atom. The van der Waals surface area contributed by atoms with Gasteiger partial charge in [-0.05, 0) is 38.5 Å². The van der Waals surface area contributed by atoms with Gasteiger partial charge in [-0.3, -0.25) is 10.0 Å². The largest absolute Gasteiger partial charge is 0.393 e. The molecule has 20 heavy (non-hydrogen) atoms. The summed E-state index contributed by atoms with van der Waals surface area (Å²) in [6.07, 6.45) is 6.65. The first kappa shape index (κ1) is 13.1. The van der Waals surface area contributed by atoms with Crippen molar-refractivity contribution in [3.63, 3.8) is 0 Å². The predicted molar refractivity (Wildman–Crippen MR) is 79.4 cm³/mol. The van der Waals surface area contributed by atoms with E-state index in [2.05, 4.69) is 21.7 Å². The van der Waals surface area contributed by atoms with E-state index in [1.54, 1.807) is 6.34 Å². The fraction of sp³-hybridized carbons (Fsp3) is 0.429. The number of hydrogen-bond donors (Lipinski definition) is 3. The molecule has 1 aromatic heterocycles. The third kappa shape index (κ3) is 2.17. The molecule has 2 aliphatic rings. The lowest BCUT2D eigenvalue weighted by Crippen LogP contribution is -2.32. The van der Waals surface area contributed by atoms with Crippen LogP contribution in [0.3, 0.4) is 0 Å². The number of aliphatic imine (C=N–C) groups is 2. The molecule has 4 N–H and O–H groups in total. The van der Waals surface area contributed by atoms with Crippen molar-refractivity contribution in [2.24, 2.45) is 21.7 Å². The quantitative estimate of drug-likeness (QED) is 0.566. The van der Waals surface area contributed by atoms with E-state index in [9.17, 15) is 5.11 Å². The van der Waals surface area contributed by atoms with Gasteiger partial charge in [0.1, 0.15) is 12.2 Å². The maximum absolute atomic E-state index is 9.64. The van der Waals surface area contributed by atoms with Crippen LogP contribution in [0.25, 0.3) is 5.70 Å². The number of aliphatic hydroxyl groups is 1. The molecule has 0 atom stereocenters. The van der Waals surface area contributed by atoms with Crippen molar-refractivity contribution in [2.75, 3.05) is 0 Å². The van der Waals surface area contributed by atoms with Gasteiger partial charge in [-0.15, -0.1) is 0 Å². The molecule has 2 heterocycles. The van der Waals surface area contributed by atoms with E-state index in [4.69, 9.17) is 5.84 Å². The molecule has 0 radical (unpaired) electrons. The molecule has 6 heteroatoms. The smallest absolute Gasteiger partial charge is 0.141 e. The van der Waals surface area contributed by atoms with E-state index in [1.165, 1.54) is 5.01 Å². The number of nitrogens with two attached hydrogens (primary N) is 1. The van der Waals surface area contributed by atoms with Crippen molar-refractivity contribution in [1.82, 2.24) is 9.99 Å². The highest BCUT2D eigenvalue weighted by atomic mass is 16.3. The maximum atomic E-state index is 9.64. The molecule has 1 aromatic rings. The first-order valence-electron chi connectivity index (χ1n) is 6.85. The summed E-state index contributed by atoms with van der Waals surface area (Å²) >= 11 is 0. The number of fused-ring (bicyclic) bond motifs is 1. The molecule has 1 aliphatic heterocycles. The fourth-order valence-corrected chi connectivity index (χ4v) is 2.99. The van der Waals surface area contributed by atoms with Crippen molar-refractivity contribution in [3.8, 4) is 0 Å². The van der Waals surface area contributed by atoms with Crippen LogP contribution in [0, 0.1) is 5.92 Å². The van der Waals surface area contributed by atoms with Crippen LogP contribution in [-0.2, 0) is 0 Å². The molecule has 0 saturated heterocycles. The Morgan fingerprint density at radius 2 is 2.20 bits per heavy atom. The third-order valence-corrected chi connectivity index (χ3v) is 4.05. The second-order valence-electron chi connectivity index (χ2n) is 5.29. The third-order valence-electron chi connectivity index (χ3n) is 4.05. The van der Waals surface area contributed by atoms with Crippen LogP contribution in [0.15, 0.2) is 27.9 Å². The molecule has 1 saturated carbocycles. The maximum Gasteiger partial charge on any atom is 0.141 e. The van der Waals surface area contributed by atoms with E-state index < -0.39 is 0 Å². The van der Waals surface area contributed by atoms with Crippen LogP contribution in [0.2, 0.25) is 0 Å². The van der Waals surface area contributed by atoms with Crippen LogP contribution in [0.5, 0.6) is 0 Å². The Kier molecular flexibility index (Phi) is 3.42. The summed E-state index contributed by atoms with van der Waals surface area (Å²) in [5.41, 5.74) is 2.70. The molecule has 1 aliphatic carbocycles. The number of aromatic nitrogens is 1. The van der Waals surface area contributed by atoms with Crippen molar-refractivity contribution in [3.05, 3.63) is 23.5 Å². The van der Waals surface area contributed by atoms with E-state index in [1.807, 2.05) is 12.3 Å². The molecule has 6 nitrogen and oxygen atoms in total. The van der Waals surface area contributed by atoms with Crippen LogP contribution >= 0.6 is 0 Å². The number of hydrazine groups is 1. The first-order chi connectivity index (χ1) is 9.70. The Morgan fingerprint density at radius 3 is 2.90 bits per heavy atom. The molecule has 0 amide bonds. The molecular weight excluding hydrogens is 254 g/mol. The number of rotatable bonds is 2. The van der Waals surface area contributed by atoms with Gasteiger partial charge in [-0.2, -0.15) is 0 Å². The van der Waals surface area contributed by atoms with Gasteiger partial charge < -0.3 is 10.1 Å². The summed E-state index contributed by atoms with van der Waals surface area (Å²) < 4.78 is 0. The van der Waals surface area contributed by atoms with Crippen molar-refractivity contribution in [2.45, 2.75) is 31.8 Å². The Labute approximate surface area is 117 Å². The number of H-pyrrole nitrogens is 1. The lowest BCUT2D eigenvalue weighted by atomic mass is 9.84. The number of nitrogens with one attached hydrogen (secondary N) is 1. The van der Waals surface area contributed by atoms with E-state index in [-0.39, 0.29) is 12.0 Å². The Bertz CT molecular complexity index is 566. The normalized spacial score (nSPS) is 28.2. The zero-order valence-electron chi connectivity index (χ0n) is 11.3. The molecule has 0 bridgehead atoms. The molecule has 0 spiro atoms. The number of aromatic amines is 1. The summed E-state index contributed by atoms with van der Waals surface area (Å²) in [7, 11) is 0. The molecule has 106 valence electrons. The standard InChI is InChI=1S/C14H19N5O/c1-16-12(9-2-4-10(20)5-3-9)13-11-6-7-17-14(11)18-8-19(13)15/h6-10,17,20H,1-5,15H2/b13-12-. The second kappa shape index (κ2) is 5.22. The van der Waals surface area contributed by atoms with Crippen LogP contribution in [0.1, 0.15) is 31.2 Å². The Hall–Kier alpha value is -1.92.